The van der Waals surface area contributed by atoms with Crippen LogP contribution in [0.3, 0.4) is 0 Å². The lowest BCUT2D eigenvalue weighted by Crippen LogP contribution is -2.43. The van der Waals surface area contributed by atoms with Crippen molar-refractivity contribution in [2.24, 2.45) is 0 Å². The monoisotopic (exact) mass is 249 g/mol. The fourth-order valence-corrected chi connectivity index (χ4v) is 1.18. The second kappa shape index (κ2) is 7.40. The Morgan fingerprint density at radius 3 is 2.33 bits per heavy atom. The first kappa shape index (κ1) is 16.1. The van der Waals surface area contributed by atoms with Crippen LogP contribution < -0.4 is 5.32 Å². The van der Waals surface area contributed by atoms with Crippen LogP contribution in [0, 0.1) is 24.7 Å². The van der Waals surface area contributed by atoms with E-state index in [4.69, 9.17) is 17.6 Å². The van der Waals surface area contributed by atoms with Crippen LogP contribution in [-0.4, -0.2) is 23.5 Å². The van der Waals surface area contributed by atoms with Crippen molar-refractivity contribution in [3.05, 3.63) is 0 Å². The molecule has 0 bridgehead atoms. The molecule has 0 aliphatic rings. The Kier molecular flexibility index (Phi) is 6.60. The van der Waals surface area contributed by atoms with Gasteiger partial charge in [0, 0.05) is 19.3 Å². The van der Waals surface area contributed by atoms with E-state index in [0.29, 0.717) is 6.42 Å². The third-order valence-corrected chi connectivity index (χ3v) is 1.92. The summed E-state index contributed by atoms with van der Waals surface area (Å²) in [5.41, 5.74) is -0.618. The molecule has 1 amide bonds. The van der Waals surface area contributed by atoms with Gasteiger partial charge in [0.25, 0.3) is 0 Å². The van der Waals surface area contributed by atoms with E-state index in [1.807, 2.05) is 0 Å². The summed E-state index contributed by atoms with van der Waals surface area (Å²) < 4.78 is 5.06. The third kappa shape index (κ3) is 7.35. The Balaban J connectivity index is 4.45. The molecule has 0 spiro atoms. The van der Waals surface area contributed by atoms with Crippen molar-refractivity contribution in [1.29, 1.82) is 0 Å². The molecule has 98 valence electrons. The van der Waals surface area contributed by atoms with Gasteiger partial charge in [-0.1, -0.05) is 0 Å². The van der Waals surface area contributed by atoms with Crippen LogP contribution in [0.25, 0.3) is 0 Å². The zero-order chi connectivity index (χ0) is 14.2. The third-order valence-electron chi connectivity index (χ3n) is 1.92. The molecule has 0 fully saturated rings. The highest BCUT2D eigenvalue weighted by Crippen LogP contribution is 2.08. The molecule has 0 aromatic carbocycles. The molecule has 0 unspecified atom stereocenters. The molecule has 0 aliphatic carbocycles. The molecule has 0 aliphatic heterocycles. The van der Waals surface area contributed by atoms with Crippen LogP contribution in [-0.2, 0) is 9.53 Å². The van der Waals surface area contributed by atoms with Crippen molar-refractivity contribution in [2.45, 2.75) is 51.7 Å². The summed E-state index contributed by atoms with van der Waals surface area (Å²) in [7, 11) is 0. The maximum atomic E-state index is 11.7. The van der Waals surface area contributed by atoms with E-state index in [0.717, 1.165) is 0 Å². The molecule has 0 aromatic rings. The minimum atomic E-state index is -0.738. The summed E-state index contributed by atoms with van der Waals surface area (Å²) in [6.45, 7) is 5.22. The molecule has 0 saturated carbocycles. The fraction of sp³-hybridized carbons (Fsp3) is 0.571. The highest BCUT2D eigenvalue weighted by molar-refractivity contribution is 5.87. The first-order valence-corrected chi connectivity index (χ1v) is 5.69. The zero-order valence-corrected chi connectivity index (χ0v) is 11.1. The highest BCUT2D eigenvalue weighted by Gasteiger charge is 2.23. The molecule has 0 heterocycles. The number of alkyl carbamates (subject to hydrolysis) is 1. The van der Waals surface area contributed by atoms with Gasteiger partial charge in [0.05, 0.1) is 0 Å². The molecule has 4 heteroatoms. The summed E-state index contributed by atoms with van der Waals surface area (Å²) in [6, 6.07) is -0.738. The van der Waals surface area contributed by atoms with Gasteiger partial charge in [-0.2, -0.15) is 0 Å². The van der Waals surface area contributed by atoms with Crippen LogP contribution in [0.1, 0.15) is 40.0 Å². The number of carbonyl (C=O) groups is 2. The number of ether oxygens (including phenoxy) is 1. The number of rotatable bonds is 5. The lowest BCUT2D eigenvalue weighted by atomic mass is 10.1. The minimum Gasteiger partial charge on any atom is -0.444 e. The van der Waals surface area contributed by atoms with Gasteiger partial charge in [-0.25, -0.2) is 4.79 Å². The van der Waals surface area contributed by atoms with Crippen molar-refractivity contribution in [1.82, 2.24) is 5.32 Å². The van der Waals surface area contributed by atoms with E-state index in [1.54, 1.807) is 20.8 Å². The number of carbonyl (C=O) groups excluding carboxylic acids is 2. The number of Topliss-reactive ketones (excluding diaryl/α,β-unsaturated/α-hetero) is 1. The maximum absolute atomic E-state index is 11.7. The number of hydrogen-bond donors (Lipinski definition) is 1. The topological polar surface area (TPSA) is 55.4 Å². The molecule has 18 heavy (non-hydrogen) atoms. The molecule has 1 atom stereocenters. The molecular formula is C14H19NO3. The van der Waals surface area contributed by atoms with Gasteiger partial charge in [0.1, 0.15) is 11.6 Å². The average molecular weight is 249 g/mol. The predicted octanol–water partition coefficient (Wildman–Crippen LogP) is 1.89. The lowest BCUT2D eigenvalue weighted by molar-refractivity contribution is -0.120. The number of terminal acetylenes is 2. The lowest BCUT2D eigenvalue weighted by Gasteiger charge is -2.22. The second-order valence-corrected chi connectivity index (χ2v) is 4.78. The Morgan fingerprint density at radius 2 is 1.89 bits per heavy atom. The number of amides is 1. The molecule has 0 aromatic heterocycles. The Bertz CT molecular complexity index is 379. The van der Waals surface area contributed by atoms with Gasteiger partial charge >= 0.3 is 6.09 Å². The van der Waals surface area contributed by atoms with Gasteiger partial charge in [-0.3, -0.25) is 4.79 Å². The average Bonchev–Trinajstić information content (AvgIpc) is 2.22. The van der Waals surface area contributed by atoms with Crippen LogP contribution in [0.4, 0.5) is 4.79 Å². The quantitative estimate of drug-likeness (QED) is 0.757. The number of ketones is 1. The van der Waals surface area contributed by atoms with E-state index < -0.39 is 17.7 Å². The smallest absolute Gasteiger partial charge is 0.408 e. The highest BCUT2D eigenvalue weighted by atomic mass is 16.6. The maximum Gasteiger partial charge on any atom is 0.408 e. The largest absolute Gasteiger partial charge is 0.444 e. The first-order valence-electron chi connectivity index (χ1n) is 5.69. The summed E-state index contributed by atoms with van der Waals surface area (Å²) in [6.07, 6.45) is 10.2. The second-order valence-electron chi connectivity index (χ2n) is 4.78. The molecule has 0 saturated heterocycles. The van der Waals surface area contributed by atoms with Crippen molar-refractivity contribution in [3.63, 3.8) is 0 Å². The minimum absolute atomic E-state index is 0.128. The van der Waals surface area contributed by atoms with Crippen LogP contribution >= 0.6 is 0 Å². The summed E-state index contributed by atoms with van der Waals surface area (Å²) >= 11 is 0. The van der Waals surface area contributed by atoms with Gasteiger partial charge < -0.3 is 10.1 Å². The van der Waals surface area contributed by atoms with Gasteiger partial charge in [-0.15, -0.1) is 24.7 Å². The SMILES string of the molecule is C#CCCC(=O)[C@@H](CC#C)NC(=O)OC(C)(C)C. The zero-order valence-electron chi connectivity index (χ0n) is 11.1. The molecule has 1 N–H and O–H groups in total. The Labute approximate surface area is 108 Å². The normalized spacial score (nSPS) is 11.8. The van der Waals surface area contributed by atoms with Gasteiger partial charge in [0.15, 0.2) is 5.78 Å². The van der Waals surface area contributed by atoms with Crippen LogP contribution in [0.5, 0.6) is 0 Å². The first-order chi connectivity index (χ1) is 8.30. The molecule has 0 radical (unpaired) electrons. The van der Waals surface area contributed by atoms with Crippen LogP contribution in [0.15, 0.2) is 0 Å². The van der Waals surface area contributed by atoms with E-state index in [2.05, 4.69) is 17.2 Å². The van der Waals surface area contributed by atoms with Crippen molar-refractivity contribution < 1.29 is 14.3 Å². The van der Waals surface area contributed by atoms with Crippen molar-refractivity contribution >= 4 is 11.9 Å². The molecular weight excluding hydrogens is 230 g/mol. The van der Waals surface area contributed by atoms with Crippen molar-refractivity contribution in [2.75, 3.05) is 0 Å². The summed E-state index contributed by atoms with van der Waals surface area (Å²) in [5.74, 6) is 4.54. The fourth-order valence-electron chi connectivity index (χ4n) is 1.18. The molecule has 0 rings (SSSR count). The Hall–Kier alpha value is -1.94. The van der Waals surface area contributed by atoms with Gasteiger partial charge in [-0.05, 0) is 20.8 Å². The van der Waals surface area contributed by atoms with E-state index >= 15 is 0 Å². The Morgan fingerprint density at radius 1 is 1.28 bits per heavy atom. The number of hydrogen-bond acceptors (Lipinski definition) is 3. The van der Waals surface area contributed by atoms with E-state index in [9.17, 15) is 9.59 Å². The van der Waals surface area contributed by atoms with Crippen LogP contribution in [0.2, 0.25) is 0 Å². The summed E-state index contributed by atoms with van der Waals surface area (Å²) in [5, 5.41) is 2.46. The standard InChI is InChI=1S/C14H19NO3/c1-6-8-10-12(16)11(9-7-2)15-13(17)18-14(3,4)5/h1-2,11H,8-10H2,3-5H3,(H,15,17)/t11-/m1/s1. The number of nitrogens with one attached hydrogen (secondary N) is 1. The summed E-state index contributed by atoms with van der Waals surface area (Å²) in [4.78, 5) is 23.3. The predicted molar refractivity (Wildman–Crippen MR) is 69.7 cm³/mol. The molecule has 4 nitrogen and oxygen atoms in total. The van der Waals surface area contributed by atoms with Gasteiger partial charge in [0.2, 0.25) is 0 Å². The van der Waals surface area contributed by atoms with E-state index in [-0.39, 0.29) is 18.6 Å². The van der Waals surface area contributed by atoms with E-state index in [1.165, 1.54) is 0 Å². The van der Waals surface area contributed by atoms with Crippen molar-refractivity contribution in [3.8, 4) is 24.7 Å².